The molecule has 6 heteroatoms. The number of benzene rings is 1. The molecule has 0 aliphatic carbocycles. The summed E-state index contributed by atoms with van der Waals surface area (Å²) in [4.78, 5) is 6.82. The summed E-state index contributed by atoms with van der Waals surface area (Å²) in [7, 11) is 1.86. The summed E-state index contributed by atoms with van der Waals surface area (Å²) in [5.74, 6) is 2.12. The molecule has 0 unspecified atom stereocenters. The van der Waals surface area contributed by atoms with Gasteiger partial charge in [0.25, 0.3) is 0 Å². The zero-order valence-corrected chi connectivity index (χ0v) is 15.4. The Bertz CT molecular complexity index is 693. The second-order valence-electron chi connectivity index (χ2n) is 6.55. The number of rotatable bonds is 3. The second kappa shape index (κ2) is 7.30. The van der Waals surface area contributed by atoms with Crippen molar-refractivity contribution in [2.75, 3.05) is 25.9 Å². The Hall–Kier alpha value is -1.95. The highest BCUT2D eigenvalue weighted by atomic mass is 32.2. The van der Waals surface area contributed by atoms with Crippen LogP contribution < -0.4 is 5.32 Å². The molecule has 0 radical (unpaired) electrons. The number of aromatic nitrogens is 2. The third-order valence-corrected chi connectivity index (χ3v) is 5.36. The highest BCUT2D eigenvalue weighted by Crippen LogP contribution is 2.29. The maximum Gasteiger partial charge on any atom is 0.193 e. The Morgan fingerprint density at radius 1 is 1.38 bits per heavy atom. The monoisotopic (exact) mass is 343 g/mol. The molecule has 0 saturated carbocycles. The van der Waals surface area contributed by atoms with Gasteiger partial charge >= 0.3 is 0 Å². The van der Waals surface area contributed by atoms with Crippen LogP contribution in [0.3, 0.4) is 0 Å². The summed E-state index contributed by atoms with van der Waals surface area (Å²) in [6.07, 6.45) is 3.75. The fourth-order valence-electron chi connectivity index (χ4n) is 2.94. The molecule has 0 bridgehead atoms. The number of thioether (sulfide) groups is 1. The molecule has 1 aliphatic heterocycles. The molecule has 1 fully saturated rings. The van der Waals surface area contributed by atoms with Gasteiger partial charge < -0.3 is 10.2 Å². The number of hydrogen-bond donors (Lipinski definition) is 1. The van der Waals surface area contributed by atoms with E-state index in [0.717, 1.165) is 37.0 Å². The molecule has 5 nitrogen and oxygen atoms in total. The van der Waals surface area contributed by atoms with E-state index in [1.807, 2.05) is 35.8 Å². The molecule has 2 heterocycles. The molecular weight excluding hydrogens is 318 g/mol. The molecule has 1 saturated heterocycles. The lowest BCUT2D eigenvalue weighted by Gasteiger charge is -2.39. The van der Waals surface area contributed by atoms with E-state index >= 15 is 0 Å². The molecule has 24 heavy (non-hydrogen) atoms. The van der Waals surface area contributed by atoms with Crippen molar-refractivity contribution in [3.63, 3.8) is 0 Å². The standard InChI is InChI=1S/C18H25N5S/c1-18(2)14-22(10-11-24-18)17(19-3)20-13-15-6-4-7-16(12-15)23-9-5-8-21-23/h4-9,12H,10-11,13-14H2,1-3H3,(H,19,20). The van der Waals surface area contributed by atoms with E-state index in [1.54, 1.807) is 6.20 Å². The van der Waals surface area contributed by atoms with Crippen molar-refractivity contribution < 1.29 is 0 Å². The van der Waals surface area contributed by atoms with Gasteiger partial charge in [0, 0.05) is 49.6 Å². The minimum Gasteiger partial charge on any atom is -0.352 e. The fraction of sp³-hybridized carbons (Fsp3) is 0.444. The van der Waals surface area contributed by atoms with Gasteiger partial charge in [0.2, 0.25) is 0 Å². The normalized spacial score (nSPS) is 17.8. The van der Waals surface area contributed by atoms with Crippen LogP contribution in [0.25, 0.3) is 5.69 Å². The largest absolute Gasteiger partial charge is 0.352 e. The van der Waals surface area contributed by atoms with E-state index in [0.29, 0.717) is 0 Å². The van der Waals surface area contributed by atoms with Crippen molar-refractivity contribution >= 4 is 17.7 Å². The predicted molar refractivity (Wildman–Crippen MR) is 102 cm³/mol. The number of hydrogen-bond acceptors (Lipinski definition) is 3. The van der Waals surface area contributed by atoms with Crippen LogP contribution in [-0.2, 0) is 6.54 Å². The van der Waals surface area contributed by atoms with Crippen LogP contribution in [0, 0.1) is 0 Å². The Morgan fingerprint density at radius 3 is 2.96 bits per heavy atom. The summed E-state index contributed by atoms with van der Waals surface area (Å²) in [5.41, 5.74) is 2.29. The zero-order chi connectivity index (χ0) is 17.0. The summed E-state index contributed by atoms with van der Waals surface area (Å²) in [6, 6.07) is 10.3. The first-order chi connectivity index (χ1) is 11.6. The summed E-state index contributed by atoms with van der Waals surface area (Å²) in [5, 5.41) is 7.79. The number of aliphatic imine (C=N–C) groups is 1. The van der Waals surface area contributed by atoms with Crippen molar-refractivity contribution in [2.45, 2.75) is 25.1 Å². The van der Waals surface area contributed by atoms with Crippen LogP contribution in [-0.4, -0.2) is 51.3 Å². The van der Waals surface area contributed by atoms with Gasteiger partial charge in [-0.05, 0) is 37.6 Å². The topological polar surface area (TPSA) is 45.5 Å². The minimum absolute atomic E-state index is 0.274. The van der Waals surface area contributed by atoms with Crippen molar-refractivity contribution in [3.05, 3.63) is 48.3 Å². The van der Waals surface area contributed by atoms with Gasteiger partial charge in [-0.2, -0.15) is 16.9 Å². The van der Waals surface area contributed by atoms with Gasteiger partial charge in [-0.3, -0.25) is 4.99 Å². The Balaban J connectivity index is 1.65. The van der Waals surface area contributed by atoms with Gasteiger partial charge in [-0.15, -0.1) is 0 Å². The molecule has 2 aromatic rings. The Kier molecular flexibility index (Phi) is 5.14. The third-order valence-electron chi connectivity index (χ3n) is 4.07. The van der Waals surface area contributed by atoms with Crippen molar-refractivity contribution in [1.29, 1.82) is 0 Å². The van der Waals surface area contributed by atoms with Crippen LogP contribution >= 0.6 is 11.8 Å². The van der Waals surface area contributed by atoms with Crippen LogP contribution in [0.5, 0.6) is 0 Å². The van der Waals surface area contributed by atoms with E-state index < -0.39 is 0 Å². The van der Waals surface area contributed by atoms with Crippen molar-refractivity contribution in [2.24, 2.45) is 4.99 Å². The highest BCUT2D eigenvalue weighted by Gasteiger charge is 2.28. The number of nitrogens with one attached hydrogen (secondary N) is 1. The average Bonchev–Trinajstić information content (AvgIpc) is 3.09. The lowest BCUT2D eigenvalue weighted by molar-refractivity contribution is 0.375. The van der Waals surface area contributed by atoms with Crippen LogP contribution in [0.1, 0.15) is 19.4 Å². The smallest absolute Gasteiger partial charge is 0.193 e. The first-order valence-corrected chi connectivity index (χ1v) is 9.24. The minimum atomic E-state index is 0.274. The van der Waals surface area contributed by atoms with E-state index in [9.17, 15) is 0 Å². The van der Waals surface area contributed by atoms with Gasteiger partial charge in [-0.1, -0.05) is 12.1 Å². The highest BCUT2D eigenvalue weighted by molar-refractivity contribution is 8.00. The van der Waals surface area contributed by atoms with Gasteiger partial charge in [-0.25, -0.2) is 4.68 Å². The molecule has 1 N–H and O–H groups in total. The maximum atomic E-state index is 4.47. The summed E-state index contributed by atoms with van der Waals surface area (Å²) >= 11 is 2.03. The van der Waals surface area contributed by atoms with Crippen molar-refractivity contribution in [1.82, 2.24) is 20.0 Å². The molecular formula is C18H25N5S. The van der Waals surface area contributed by atoms with Crippen LogP contribution in [0.2, 0.25) is 0 Å². The lowest BCUT2D eigenvalue weighted by Crippen LogP contribution is -2.50. The zero-order valence-electron chi connectivity index (χ0n) is 14.6. The van der Waals surface area contributed by atoms with Crippen LogP contribution in [0.15, 0.2) is 47.7 Å². The molecule has 1 aromatic heterocycles. The third kappa shape index (κ3) is 4.12. The Morgan fingerprint density at radius 2 is 2.25 bits per heavy atom. The van der Waals surface area contributed by atoms with E-state index in [-0.39, 0.29) is 4.75 Å². The molecule has 128 valence electrons. The molecule has 1 aromatic carbocycles. The average molecular weight is 344 g/mol. The number of nitrogens with zero attached hydrogens (tertiary/aromatic N) is 4. The number of guanidine groups is 1. The fourth-order valence-corrected chi connectivity index (χ4v) is 4.05. The predicted octanol–water partition coefficient (Wildman–Crippen LogP) is 2.78. The molecule has 0 atom stereocenters. The second-order valence-corrected chi connectivity index (χ2v) is 8.35. The summed E-state index contributed by atoms with van der Waals surface area (Å²) in [6.45, 7) is 7.41. The SMILES string of the molecule is CN=C(NCc1cccc(-n2cccn2)c1)N1CCSC(C)(C)C1. The van der Waals surface area contributed by atoms with Gasteiger partial charge in [0.15, 0.2) is 5.96 Å². The van der Waals surface area contributed by atoms with E-state index in [4.69, 9.17) is 0 Å². The maximum absolute atomic E-state index is 4.47. The molecule has 0 spiro atoms. The quantitative estimate of drug-likeness (QED) is 0.688. The van der Waals surface area contributed by atoms with Crippen LogP contribution in [0.4, 0.5) is 0 Å². The lowest BCUT2D eigenvalue weighted by atomic mass is 10.2. The van der Waals surface area contributed by atoms with Gasteiger partial charge in [0.05, 0.1) is 5.69 Å². The first-order valence-electron chi connectivity index (χ1n) is 8.26. The first kappa shape index (κ1) is 16.9. The van der Waals surface area contributed by atoms with E-state index in [1.165, 1.54) is 5.56 Å². The summed E-state index contributed by atoms with van der Waals surface area (Å²) < 4.78 is 2.15. The molecule has 3 rings (SSSR count). The van der Waals surface area contributed by atoms with Gasteiger partial charge in [0.1, 0.15) is 0 Å². The Labute approximate surface area is 148 Å². The van der Waals surface area contributed by atoms with Crippen molar-refractivity contribution in [3.8, 4) is 5.69 Å². The molecule has 0 amide bonds. The molecule has 1 aliphatic rings. The van der Waals surface area contributed by atoms with E-state index in [2.05, 4.69) is 58.4 Å².